The summed E-state index contributed by atoms with van der Waals surface area (Å²) in [6.07, 6.45) is -0.280. The standard InChI is InChI=1S/C17H16F2O4/c1-3-11-7-8-16(14(19)9-11)22-10-12-13(18)5-4-6-15(12)23-17(20)21-2/h4-9H,3,10H2,1-2H3. The molecule has 0 radical (unpaired) electrons. The van der Waals surface area contributed by atoms with Gasteiger partial charge in [-0.15, -0.1) is 0 Å². The molecule has 0 heterocycles. The van der Waals surface area contributed by atoms with Crippen LogP contribution in [0.2, 0.25) is 0 Å². The lowest BCUT2D eigenvalue weighted by atomic mass is 10.1. The number of rotatable bonds is 5. The Morgan fingerprint density at radius 3 is 2.52 bits per heavy atom. The summed E-state index contributed by atoms with van der Waals surface area (Å²) in [6, 6.07) is 8.55. The lowest BCUT2D eigenvalue weighted by Crippen LogP contribution is -2.11. The quantitative estimate of drug-likeness (QED) is 0.610. The summed E-state index contributed by atoms with van der Waals surface area (Å²) >= 11 is 0. The van der Waals surface area contributed by atoms with E-state index >= 15 is 0 Å². The molecule has 0 saturated carbocycles. The predicted molar refractivity (Wildman–Crippen MR) is 79.5 cm³/mol. The molecule has 6 heteroatoms. The topological polar surface area (TPSA) is 44.8 Å². The minimum absolute atomic E-state index is 0.00290. The highest BCUT2D eigenvalue weighted by atomic mass is 19.1. The van der Waals surface area contributed by atoms with E-state index in [0.29, 0.717) is 6.42 Å². The molecule has 0 aliphatic carbocycles. The second kappa shape index (κ2) is 7.58. The number of halogens is 2. The minimum Gasteiger partial charge on any atom is -0.486 e. The van der Waals surface area contributed by atoms with Crippen LogP contribution in [0.1, 0.15) is 18.1 Å². The molecule has 0 bridgehead atoms. The Kier molecular flexibility index (Phi) is 5.51. The first-order chi connectivity index (χ1) is 11.0. The lowest BCUT2D eigenvalue weighted by Gasteiger charge is -2.12. The molecule has 4 nitrogen and oxygen atoms in total. The predicted octanol–water partition coefficient (Wildman–Crippen LogP) is 4.25. The van der Waals surface area contributed by atoms with Crippen molar-refractivity contribution in [3.8, 4) is 11.5 Å². The first-order valence-corrected chi connectivity index (χ1v) is 6.99. The van der Waals surface area contributed by atoms with Crippen LogP contribution < -0.4 is 9.47 Å². The monoisotopic (exact) mass is 322 g/mol. The fraction of sp³-hybridized carbons (Fsp3) is 0.235. The molecule has 0 aromatic heterocycles. The summed E-state index contributed by atoms with van der Waals surface area (Å²) in [5, 5.41) is 0. The van der Waals surface area contributed by atoms with E-state index in [-0.39, 0.29) is 23.7 Å². The van der Waals surface area contributed by atoms with E-state index < -0.39 is 17.8 Å². The van der Waals surface area contributed by atoms with Crippen molar-refractivity contribution in [2.24, 2.45) is 0 Å². The van der Waals surface area contributed by atoms with Crippen LogP contribution in [-0.4, -0.2) is 13.3 Å². The lowest BCUT2D eigenvalue weighted by molar-refractivity contribution is 0.120. The van der Waals surface area contributed by atoms with Gasteiger partial charge in [0.2, 0.25) is 0 Å². The van der Waals surface area contributed by atoms with Gasteiger partial charge in [0.05, 0.1) is 12.7 Å². The summed E-state index contributed by atoms with van der Waals surface area (Å²) in [5.74, 6) is -1.20. The molecule has 0 fully saturated rings. The molecule has 0 N–H and O–H groups in total. The van der Waals surface area contributed by atoms with Gasteiger partial charge in [0.1, 0.15) is 18.2 Å². The van der Waals surface area contributed by atoms with Crippen molar-refractivity contribution >= 4 is 6.16 Å². The normalized spacial score (nSPS) is 10.3. The van der Waals surface area contributed by atoms with Crippen LogP contribution in [0.15, 0.2) is 36.4 Å². The van der Waals surface area contributed by atoms with E-state index in [4.69, 9.17) is 9.47 Å². The number of benzene rings is 2. The van der Waals surface area contributed by atoms with Gasteiger partial charge in [-0.25, -0.2) is 13.6 Å². The fourth-order valence-electron chi connectivity index (χ4n) is 1.94. The smallest absolute Gasteiger partial charge is 0.486 e. The van der Waals surface area contributed by atoms with Crippen LogP contribution in [0.4, 0.5) is 13.6 Å². The van der Waals surface area contributed by atoms with Gasteiger partial charge in [0.15, 0.2) is 11.6 Å². The van der Waals surface area contributed by atoms with Gasteiger partial charge in [0.25, 0.3) is 0 Å². The maximum atomic E-state index is 13.9. The molecule has 122 valence electrons. The molecule has 2 aromatic rings. The SMILES string of the molecule is CCc1ccc(OCc2c(F)cccc2OC(=O)OC)c(F)c1. The van der Waals surface area contributed by atoms with Gasteiger partial charge in [-0.2, -0.15) is 0 Å². The molecule has 0 aliphatic heterocycles. The Morgan fingerprint density at radius 2 is 1.87 bits per heavy atom. The zero-order valence-electron chi connectivity index (χ0n) is 12.8. The summed E-state index contributed by atoms with van der Waals surface area (Å²) in [7, 11) is 1.14. The summed E-state index contributed by atoms with van der Waals surface area (Å²) in [4.78, 5) is 11.2. The Morgan fingerprint density at radius 1 is 1.09 bits per heavy atom. The molecule has 0 aliphatic rings. The highest BCUT2D eigenvalue weighted by molar-refractivity contribution is 5.64. The first kappa shape index (κ1) is 16.7. The molecule has 0 amide bonds. The summed E-state index contributed by atoms with van der Waals surface area (Å²) in [6.45, 7) is 1.62. The van der Waals surface area contributed by atoms with Crippen LogP contribution in [0.25, 0.3) is 0 Å². The average Bonchev–Trinajstić information content (AvgIpc) is 2.55. The van der Waals surface area contributed by atoms with Gasteiger partial charge in [-0.3, -0.25) is 0 Å². The van der Waals surface area contributed by atoms with Crippen LogP contribution in [0.5, 0.6) is 11.5 Å². The third-order valence-corrected chi connectivity index (χ3v) is 3.21. The van der Waals surface area contributed by atoms with Crippen molar-refractivity contribution in [3.63, 3.8) is 0 Å². The Bertz CT molecular complexity index is 701. The second-order valence-electron chi connectivity index (χ2n) is 4.68. The molecule has 0 atom stereocenters. The highest BCUT2D eigenvalue weighted by Gasteiger charge is 2.15. The molecule has 0 saturated heterocycles. The van der Waals surface area contributed by atoms with Gasteiger partial charge >= 0.3 is 6.16 Å². The molecule has 23 heavy (non-hydrogen) atoms. The van der Waals surface area contributed by atoms with Crippen molar-refractivity contribution in [1.29, 1.82) is 0 Å². The van der Waals surface area contributed by atoms with Crippen molar-refractivity contribution in [2.75, 3.05) is 7.11 Å². The molecular formula is C17H16F2O4. The Balaban J connectivity index is 2.18. The summed E-state index contributed by atoms with van der Waals surface area (Å²) in [5.41, 5.74) is 0.826. The van der Waals surface area contributed by atoms with Crippen molar-refractivity contribution in [2.45, 2.75) is 20.0 Å². The Hall–Kier alpha value is -2.63. The van der Waals surface area contributed by atoms with E-state index in [1.807, 2.05) is 6.92 Å². The highest BCUT2D eigenvalue weighted by Crippen LogP contribution is 2.25. The fourth-order valence-corrected chi connectivity index (χ4v) is 1.94. The van der Waals surface area contributed by atoms with Crippen LogP contribution in [0.3, 0.4) is 0 Å². The molecule has 2 rings (SSSR count). The van der Waals surface area contributed by atoms with Crippen LogP contribution >= 0.6 is 0 Å². The maximum absolute atomic E-state index is 13.9. The molecule has 2 aromatic carbocycles. The maximum Gasteiger partial charge on any atom is 0.513 e. The van der Waals surface area contributed by atoms with E-state index in [0.717, 1.165) is 12.7 Å². The first-order valence-electron chi connectivity index (χ1n) is 6.99. The molecule has 0 spiro atoms. The number of aryl methyl sites for hydroxylation is 1. The van der Waals surface area contributed by atoms with Gasteiger partial charge in [-0.05, 0) is 36.2 Å². The minimum atomic E-state index is -0.977. The zero-order chi connectivity index (χ0) is 16.8. The van der Waals surface area contributed by atoms with Crippen molar-refractivity contribution < 1.29 is 27.8 Å². The van der Waals surface area contributed by atoms with Gasteiger partial charge in [-0.1, -0.05) is 19.1 Å². The van der Waals surface area contributed by atoms with Crippen molar-refractivity contribution in [1.82, 2.24) is 0 Å². The van der Waals surface area contributed by atoms with E-state index in [9.17, 15) is 13.6 Å². The number of hydrogen-bond donors (Lipinski definition) is 0. The molecule has 0 unspecified atom stereocenters. The van der Waals surface area contributed by atoms with E-state index in [2.05, 4.69) is 4.74 Å². The van der Waals surface area contributed by atoms with E-state index in [1.165, 1.54) is 30.3 Å². The number of methoxy groups -OCH3 is 1. The molecular weight excluding hydrogens is 306 g/mol. The number of carbonyl (C=O) groups excluding carboxylic acids is 1. The number of ether oxygens (including phenoxy) is 3. The van der Waals surface area contributed by atoms with Crippen LogP contribution in [-0.2, 0) is 17.8 Å². The summed E-state index contributed by atoms with van der Waals surface area (Å²) < 4.78 is 42.3. The van der Waals surface area contributed by atoms with Gasteiger partial charge < -0.3 is 14.2 Å². The number of hydrogen-bond acceptors (Lipinski definition) is 4. The second-order valence-corrected chi connectivity index (χ2v) is 4.68. The third kappa shape index (κ3) is 4.18. The largest absolute Gasteiger partial charge is 0.513 e. The van der Waals surface area contributed by atoms with Gasteiger partial charge in [0, 0.05) is 0 Å². The number of carbonyl (C=O) groups is 1. The van der Waals surface area contributed by atoms with Crippen LogP contribution in [0, 0.1) is 11.6 Å². The average molecular weight is 322 g/mol. The van der Waals surface area contributed by atoms with E-state index in [1.54, 1.807) is 6.07 Å². The van der Waals surface area contributed by atoms with Crippen molar-refractivity contribution in [3.05, 3.63) is 59.2 Å². The Labute approximate surface area is 132 Å². The zero-order valence-corrected chi connectivity index (χ0v) is 12.8. The third-order valence-electron chi connectivity index (χ3n) is 3.21.